The molecule has 0 radical (unpaired) electrons. The number of anilines is 1. The van der Waals surface area contributed by atoms with Crippen molar-refractivity contribution in [1.82, 2.24) is 4.98 Å². The predicted octanol–water partition coefficient (Wildman–Crippen LogP) is 3.63. The molecular weight excluding hydrogens is 296 g/mol. The van der Waals surface area contributed by atoms with E-state index in [4.69, 9.17) is 45.4 Å². The number of halogens is 3. The van der Waals surface area contributed by atoms with Gasteiger partial charge in [-0.1, -0.05) is 34.8 Å². The summed E-state index contributed by atoms with van der Waals surface area (Å²) in [5.41, 5.74) is 4.39. The summed E-state index contributed by atoms with van der Waals surface area (Å²) >= 11 is 18.3. The number of hydrogen-bond donors (Lipinski definition) is 2. The van der Waals surface area contributed by atoms with Crippen molar-refractivity contribution in [2.24, 2.45) is 5.84 Å². The molecule has 0 atom stereocenters. The average molecular weight is 307 g/mol. The van der Waals surface area contributed by atoms with Crippen molar-refractivity contribution in [3.05, 3.63) is 32.9 Å². The highest BCUT2D eigenvalue weighted by atomic mass is 35.5. The number of pyridine rings is 1. The molecule has 3 N–H and O–H groups in total. The maximum absolute atomic E-state index is 6.15. The predicted molar refractivity (Wildman–Crippen MR) is 75.3 cm³/mol. The summed E-state index contributed by atoms with van der Waals surface area (Å²) in [5, 5.41) is 1.72. The highest BCUT2D eigenvalue weighted by Gasteiger charge is 2.14. The summed E-state index contributed by atoms with van der Waals surface area (Å²) < 4.78 is 5.04. The number of nitrogen functional groups attached to an aromatic ring is 1. The Kier molecular flexibility index (Phi) is 4.14. The fourth-order valence-corrected chi connectivity index (χ4v) is 2.44. The van der Waals surface area contributed by atoms with Crippen LogP contribution in [0.25, 0.3) is 10.9 Å². The molecule has 0 saturated heterocycles. The molecule has 0 aliphatic carbocycles. The van der Waals surface area contributed by atoms with Gasteiger partial charge in [0, 0.05) is 12.5 Å². The van der Waals surface area contributed by atoms with E-state index in [-0.39, 0.29) is 0 Å². The first-order valence-electron chi connectivity index (χ1n) is 5.01. The van der Waals surface area contributed by atoms with Crippen LogP contribution in [0.5, 0.6) is 0 Å². The second-order valence-corrected chi connectivity index (χ2v) is 4.81. The first-order chi connectivity index (χ1) is 8.58. The van der Waals surface area contributed by atoms with Crippen LogP contribution in [0.15, 0.2) is 12.1 Å². The largest absolute Gasteiger partial charge is 0.378 e. The number of rotatable bonds is 3. The first kappa shape index (κ1) is 13.6. The molecule has 1 heterocycles. The van der Waals surface area contributed by atoms with Gasteiger partial charge in [-0.25, -0.2) is 4.98 Å². The molecule has 0 aliphatic rings. The lowest BCUT2D eigenvalue weighted by Crippen LogP contribution is -2.09. The van der Waals surface area contributed by atoms with Crippen molar-refractivity contribution in [3.63, 3.8) is 0 Å². The summed E-state index contributed by atoms with van der Waals surface area (Å²) in [4.78, 5) is 4.38. The molecule has 4 nitrogen and oxygen atoms in total. The second kappa shape index (κ2) is 5.47. The van der Waals surface area contributed by atoms with Gasteiger partial charge in [0.2, 0.25) is 0 Å². The number of nitrogens with one attached hydrogen (secondary N) is 1. The molecule has 7 heteroatoms. The Morgan fingerprint density at radius 3 is 2.61 bits per heavy atom. The van der Waals surface area contributed by atoms with E-state index < -0.39 is 0 Å². The number of methoxy groups -OCH3 is 1. The normalized spacial score (nSPS) is 10.9. The van der Waals surface area contributed by atoms with Gasteiger partial charge in [0.25, 0.3) is 0 Å². The lowest BCUT2D eigenvalue weighted by molar-refractivity contribution is 0.182. The Bertz CT molecular complexity index is 604. The number of fused-ring (bicyclic) bond motifs is 1. The van der Waals surface area contributed by atoms with Gasteiger partial charge >= 0.3 is 0 Å². The third-order valence-electron chi connectivity index (χ3n) is 2.43. The van der Waals surface area contributed by atoms with Crippen LogP contribution >= 0.6 is 34.8 Å². The van der Waals surface area contributed by atoms with Gasteiger partial charge in [0.1, 0.15) is 0 Å². The highest BCUT2D eigenvalue weighted by molar-refractivity contribution is 6.48. The molecule has 2 rings (SSSR count). The van der Waals surface area contributed by atoms with E-state index in [1.165, 1.54) is 0 Å². The molecule has 1 aromatic carbocycles. The number of hydrogen-bond acceptors (Lipinski definition) is 4. The second-order valence-electron chi connectivity index (χ2n) is 3.62. The van der Waals surface area contributed by atoms with E-state index in [2.05, 4.69) is 10.4 Å². The monoisotopic (exact) mass is 305 g/mol. The van der Waals surface area contributed by atoms with Gasteiger partial charge in [0.05, 0.1) is 38.6 Å². The molecule has 1 aromatic heterocycles. The van der Waals surface area contributed by atoms with Crippen LogP contribution in [0, 0.1) is 0 Å². The minimum absolute atomic E-state index is 0.348. The Morgan fingerprint density at radius 2 is 2.00 bits per heavy atom. The quantitative estimate of drug-likeness (QED) is 0.516. The Hall–Kier alpha value is -0.780. The van der Waals surface area contributed by atoms with Gasteiger partial charge in [-0.2, -0.15) is 0 Å². The summed E-state index contributed by atoms with van der Waals surface area (Å²) in [7, 11) is 1.58. The van der Waals surface area contributed by atoms with E-state index >= 15 is 0 Å². The molecule has 0 saturated carbocycles. The van der Waals surface area contributed by atoms with Crippen molar-refractivity contribution >= 4 is 51.4 Å². The molecule has 18 heavy (non-hydrogen) atoms. The summed E-state index contributed by atoms with van der Waals surface area (Å²) in [5.74, 6) is 5.49. The summed E-state index contributed by atoms with van der Waals surface area (Å²) in [6.07, 6.45) is 0. The SMILES string of the molecule is COCc1cc(NN)c2c(Cl)c(Cl)cc(Cl)c2n1. The van der Waals surface area contributed by atoms with Gasteiger partial charge in [-0.15, -0.1) is 0 Å². The van der Waals surface area contributed by atoms with Crippen LogP contribution in [0.3, 0.4) is 0 Å². The van der Waals surface area contributed by atoms with Gasteiger partial charge in [-0.05, 0) is 12.1 Å². The fourth-order valence-electron chi connectivity index (χ4n) is 1.69. The minimum Gasteiger partial charge on any atom is -0.378 e. The third-order valence-corrected chi connectivity index (χ3v) is 3.50. The smallest absolute Gasteiger partial charge is 0.0929 e. The number of benzene rings is 1. The zero-order valence-corrected chi connectivity index (χ0v) is 11.7. The zero-order chi connectivity index (χ0) is 13.3. The Balaban J connectivity index is 2.82. The Morgan fingerprint density at radius 1 is 1.28 bits per heavy atom. The van der Waals surface area contributed by atoms with E-state index in [9.17, 15) is 0 Å². The lowest BCUT2D eigenvalue weighted by atomic mass is 10.1. The zero-order valence-electron chi connectivity index (χ0n) is 9.43. The molecule has 0 bridgehead atoms. The third kappa shape index (κ3) is 2.35. The van der Waals surface area contributed by atoms with Crippen molar-refractivity contribution in [2.75, 3.05) is 12.5 Å². The molecule has 0 amide bonds. The van der Waals surface area contributed by atoms with E-state index in [0.29, 0.717) is 44.0 Å². The van der Waals surface area contributed by atoms with E-state index in [1.807, 2.05) is 0 Å². The molecule has 2 aromatic rings. The topological polar surface area (TPSA) is 60.2 Å². The molecule has 0 aliphatic heterocycles. The average Bonchev–Trinajstić information content (AvgIpc) is 2.35. The van der Waals surface area contributed by atoms with Gasteiger partial charge < -0.3 is 10.2 Å². The van der Waals surface area contributed by atoms with Crippen LogP contribution in [-0.2, 0) is 11.3 Å². The van der Waals surface area contributed by atoms with Crippen LogP contribution in [0.1, 0.15) is 5.69 Å². The van der Waals surface area contributed by atoms with Crippen LogP contribution in [0.4, 0.5) is 5.69 Å². The molecular formula is C11H10Cl3N3O. The van der Waals surface area contributed by atoms with Crippen LogP contribution in [-0.4, -0.2) is 12.1 Å². The summed E-state index contributed by atoms with van der Waals surface area (Å²) in [6, 6.07) is 3.29. The van der Waals surface area contributed by atoms with Gasteiger partial charge in [0.15, 0.2) is 0 Å². The van der Waals surface area contributed by atoms with Crippen LogP contribution in [0.2, 0.25) is 15.1 Å². The van der Waals surface area contributed by atoms with Crippen molar-refractivity contribution < 1.29 is 4.74 Å². The number of aromatic nitrogens is 1. The lowest BCUT2D eigenvalue weighted by Gasteiger charge is -2.12. The van der Waals surface area contributed by atoms with Crippen molar-refractivity contribution in [1.29, 1.82) is 0 Å². The Labute approximate surface area is 119 Å². The minimum atomic E-state index is 0.348. The van der Waals surface area contributed by atoms with Crippen LogP contribution < -0.4 is 11.3 Å². The molecule has 0 spiro atoms. The summed E-state index contributed by atoms with van der Waals surface area (Å²) in [6.45, 7) is 0.348. The number of nitrogens with two attached hydrogens (primary N) is 1. The number of nitrogens with zero attached hydrogens (tertiary/aromatic N) is 1. The first-order valence-corrected chi connectivity index (χ1v) is 6.14. The maximum atomic E-state index is 6.15. The van der Waals surface area contributed by atoms with E-state index in [0.717, 1.165) is 0 Å². The fraction of sp³-hybridized carbons (Fsp3) is 0.182. The number of ether oxygens (including phenoxy) is 1. The van der Waals surface area contributed by atoms with E-state index in [1.54, 1.807) is 19.2 Å². The molecule has 0 fully saturated rings. The van der Waals surface area contributed by atoms with Crippen molar-refractivity contribution in [3.8, 4) is 0 Å². The molecule has 0 unspecified atom stereocenters. The number of hydrazine groups is 1. The van der Waals surface area contributed by atoms with Crippen molar-refractivity contribution in [2.45, 2.75) is 6.61 Å². The molecule has 96 valence electrons. The standard InChI is InChI=1S/C11H10Cl3N3O/c1-18-4-5-2-8(17-15)9-10(14)6(12)3-7(13)11(9)16-5/h2-3H,4,15H2,1H3,(H,16,17). The van der Waals surface area contributed by atoms with Gasteiger partial charge in [-0.3, -0.25) is 5.84 Å². The maximum Gasteiger partial charge on any atom is 0.0929 e. The highest BCUT2D eigenvalue weighted by Crippen LogP contribution is 2.39.